The van der Waals surface area contributed by atoms with Gasteiger partial charge in [-0.25, -0.2) is 4.98 Å². The van der Waals surface area contributed by atoms with Crippen molar-refractivity contribution in [3.63, 3.8) is 0 Å². The number of aromatic nitrogens is 1. The van der Waals surface area contributed by atoms with Crippen molar-refractivity contribution < 1.29 is 4.79 Å². The van der Waals surface area contributed by atoms with Crippen LogP contribution in [0.4, 0.5) is 5.69 Å². The number of anilines is 1. The van der Waals surface area contributed by atoms with E-state index in [0.717, 1.165) is 15.4 Å². The first kappa shape index (κ1) is 13.5. The quantitative estimate of drug-likeness (QED) is 0.876. The molecule has 5 heteroatoms. The van der Waals surface area contributed by atoms with Crippen LogP contribution in [0.15, 0.2) is 24.4 Å². The summed E-state index contributed by atoms with van der Waals surface area (Å²) in [6.45, 7) is 4.41. The first-order valence-electron chi connectivity index (χ1n) is 6.01. The van der Waals surface area contributed by atoms with Crippen molar-refractivity contribution in [3.05, 3.63) is 45.4 Å². The Hall–Kier alpha value is -1.88. The molecule has 0 spiro atoms. The lowest BCUT2D eigenvalue weighted by molar-refractivity contribution is 0.0787. The van der Waals surface area contributed by atoms with E-state index in [2.05, 4.69) is 4.98 Å². The van der Waals surface area contributed by atoms with E-state index in [1.165, 1.54) is 0 Å². The van der Waals surface area contributed by atoms with Crippen LogP contribution in [0.5, 0.6) is 0 Å². The van der Waals surface area contributed by atoms with Crippen molar-refractivity contribution in [1.29, 1.82) is 0 Å². The van der Waals surface area contributed by atoms with Gasteiger partial charge in [-0.15, -0.1) is 11.3 Å². The van der Waals surface area contributed by atoms with Crippen LogP contribution in [0.1, 0.15) is 25.8 Å². The number of aryl methyl sites for hydroxylation is 2. The first-order chi connectivity index (χ1) is 8.99. The largest absolute Gasteiger partial charge is 0.398 e. The molecule has 0 unspecified atom stereocenters. The number of hydrogen-bond acceptors (Lipinski definition) is 4. The fraction of sp³-hybridized carbons (Fsp3) is 0.286. The maximum absolute atomic E-state index is 12.4. The Kier molecular flexibility index (Phi) is 3.85. The predicted molar refractivity (Wildman–Crippen MR) is 78.2 cm³/mol. The summed E-state index contributed by atoms with van der Waals surface area (Å²) < 4.78 is 0. The van der Waals surface area contributed by atoms with E-state index < -0.39 is 0 Å². The summed E-state index contributed by atoms with van der Waals surface area (Å²) in [4.78, 5) is 19.3. The van der Waals surface area contributed by atoms with E-state index in [-0.39, 0.29) is 5.91 Å². The van der Waals surface area contributed by atoms with Gasteiger partial charge in [0.2, 0.25) is 0 Å². The van der Waals surface area contributed by atoms with Gasteiger partial charge in [0.05, 0.1) is 17.1 Å². The number of nitrogen functional groups attached to an aromatic ring is 1. The highest BCUT2D eigenvalue weighted by atomic mass is 32.1. The summed E-state index contributed by atoms with van der Waals surface area (Å²) >= 11 is 1.60. The summed E-state index contributed by atoms with van der Waals surface area (Å²) in [7, 11) is 1.78. The Labute approximate surface area is 116 Å². The molecule has 2 aromatic rings. The number of benzene rings is 1. The number of hydrogen-bond donors (Lipinski definition) is 1. The molecule has 0 saturated carbocycles. The summed E-state index contributed by atoms with van der Waals surface area (Å²) in [5.41, 5.74) is 8.00. The molecule has 1 aromatic carbocycles. The highest BCUT2D eigenvalue weighted by Gasteiger charge is 2.16. The molecule has 0 aliphatic carbocycles. The molecular weight excluding hydrogens is 258 g/mol. The average molecular weight is 275 g/mol. The van der Waals surface area contributed by atoms with Gasteiger partial charge < -0.3 is 10.6 Å². The van der Waals surface area contributed by atoms with Crippen LogP contribution in [0.3, 0.4) is 0 Å². The van der Waals surface area contributed by atoms with Gasteiger partial charge in [0.25, 0.3) is 5.91 Å². The van der Waals surface area contributed by atoms with E-state index in [1.54, 1.807) is 29.4 Å². The van der Waals surface area contributed by atoms with Crippen LogP contribution in [0, 0.1) is 13.8 Å². The van der Waals surface area contributed by atoms with E-state index in [1.807, 2.05) is 32.2 Å². The number of amides is 1. The molecular formula is C14H17N3OS. The van der Waals surface area contributed by atoms with Crippen LogP contribution in [-0.4, -0.2) is 22.8 Å². The van der Waals surface area contributed by atoms with Crippen molar-refractivity contribution in [2.75, 3.05) is 12.8 Å². The van der Waals surface area contributed by atoms with E-state index in [0.29, 0.717) is 17.8 Å². The third-order valence-electron chi connectivity index (χ3n) is 2.96. The van der Waals surface area contributed by atoms with Crippen molar-refractivity contribution in [3.8, 4) is 0 Å². The molecule has 1 amide bonds. The number of carbonyl (C=O) groups is 1. The molecule has 0 atom stereocenters. The highest BCUT2D eigenvalue weighted by Crippen LogP contribution is 2.20. The Bertz CT molecular complexity index is 606. The molecule has 1 aromatic heterocycles. The number of thiazole rings is 1. The molecule has 1 heterocycles. The second-order valence-corrected chi connectivity index (χ2v) is 5.86. The summed E-state index contributed by atoms with van der Waals surface area (Å²) in [5, 5.41) is 1.01. The highest BCUT2D eigenvalue weighted by molar-refractivity contribution is 7.11. The fourth-order valence-electron chi connectivity index (χ4n) is 1.86. The van der Waals surface area contributed by atoms with E-state index in [9.17, 15) is 4.79 Å². The van der Waals surface area contributed by atoms with Gasteiger partial charge in [-0.3, -0.25) is 4.79 Å². The summed E-state index contributed by atoms with van der Waals surface area (Å²) in [5.74, 6) is -0.0627. The SMILES string of the molecule is Cc1ncc(CN(C)C(=O)c2cccc(C)c2N)s1. The van der Waals surface area contributed by atoms with Crippen LogP contribution in [-0.2, 0) is 6.54 Å². The zero-order valence-electron chi connectivity index (χ0n) is 11.3. The zero-order chi connectivity index (χ0) is 14.0. The average Bonchev–Trinajstić information content (AvgIpc) is 2.77. The Morgan fingerprint density at radius 3 is 2.79 bits per heavy atom. The topological polar surface area (TPSA) is 59.2 Å². The van der Waals surface area contributed by atoms with Gasteiger partial charge in [-0.2, -0.15) is 0 Å². The maximum Gasteiger partial charge on any atom is 0.256 e. The predicted octanol–water partition coefficient (Wildman–Crippen LogP) is 2.61. The smallest absolute Gasteiger partial charge is 0.256 e. The lowest BCUT2D eigenvalue weighted by Gasteiger charge is -2.17. The van der Waals surface area contributed by atoms with E-state index >= 15 is 0 Å². The third-order valence-corrected chi connectivity index (χ3v) is 3.86. The monoisotopic (exact) mass is 275 g/mol. The number of carbonyl (C=O) groups excluding carboxylic acids is 1. The molecule has 19 heavy (non-hydrogen) atoms. The summed E-state index contributed by atoms with van der Waals surface area (Å²) in [6.07, 6.45) is 1.81. The van der Waals surface area contributed by atoms with Gasteiger partial charge in [0.15, 0.2) is 0 Å². The molecule has 0 aliphatic rings. The minimum atomic E-state index is -0.0627. The molecule has 2 rings (SSSR count). The minimum absolute atomic E-state index is 0.0627. The Morgan fingerprint density at radius 1 is 1.42 bits per heavy atom. The molecule has 0 saturated heterocycles. The first-order valence-corrected chi connectivity index (χ1v) is 6.82. The van der Waals surface area contributed by atoms with Crippen molar-refractivity contribution in [2.24, 2.45) is 0 Å². The molecule has 0 radical (unpaired) electrons. The maximum atomic E-state index is 12.4. The number of para-hydroxylation sites is 1. The molecule has 0 fully saturated rings. The van der Waals surface area contributed by atoms with Crippen molar-refractivity contribution in [2.45, 2.75) is 20.4 Å². The number of nitrogens with zero attached hydrogens (tertiary/aromatic N) is 2. The Balaban J connectivity index is 2.17. The van der Waals surface area contributed by atoms with Crippen LogP contribution >= 0.6 is 11.3 Å². The second-order valence-electron chi connectivity index (χ2n) is 4.54. The van der Waals surface area contributed by atoms with Gasteiger partial charge in [-0.1, -0.05) is 12.1 Å². The summed E-state index contributed by atoms with van der Waals surface area (Å²) in [6, 6.07) is 5.52. The standard InChI is InChI=1S/C14H17N3OS/c1-9-5-4-6-12(13(9)15)14(18)17(3)8-11-7-16-10(2)19-11/h4-7H,8,15H2,1-3H3. The van der Waals surface area contributed by atoms with Crippen LogP contribution < -0.4 is 5.73 Å². The minimum Gasteiger partial charge on any atom is -0.398 e. The van der Waals surface area contributed by atoms with Crippen molar-refractivity contribution in [1.82, 2.24) is 9.88 Å². The fourth-order valence-corrected chi connectivity index (χ4v) is 2.71. The van der Waals surface area contributed by atoms with E-state index in [4.69, 9.17) is 5.73 Å². The zero-order valence-corrected chi connectivity index (χ0v) is 12.1. The van der Waals surface area contributed by atoms with Crippen LogP contribution in [0.25, 0.3) is 0 Å². The molecule has 100 valence electrons. The molecule has 2 N–H and O–H groups in total. The van der Waals surface area contributed by atoms with Crippen molar-refractivity contribution >= 4 is 22.9 Å². The van der Waals surface area contributed by atoms with Gasteiger partial charge >= 0.3 is 0 Å². The van der Waals surface area contributed by atoms with Crippen LogP contribution in [0.2, 0.25) is 0 Å². The van der Waals surface area contributed by atoms with Gasteiger partial charge in [-0.05, 0) is 25.5 Å². The lowest BCUT2D eigenvalue weighted by atomic mass is 10.1. The third kappa shape index (κ3) is 2.93. The lowest BCUT2D eigenvalue weighted by Crippen LogP contribution is -2.26. The normalized spacial score (nSPS) is 10.5. The molecule has 4 nitrogen and oxygen atoms in total. The molecule has 0 bridgehead atoms. The number of rotatable bonds is 3. The van der Waals surface area contributed by atoms with Gasteiger partial charge in [0, 0.05) is 23.8 Å². The second kappa shape index (κ2) is 5.40. The Morgan fingerprint density at radius 2 is 2.16 bits per heavy atom. The van der Waals surface area contributed by atoms with Gasteiger partial charge in [0.1, 0.15) is 0 Å². The molecule has 0 aliphatic heterocycles. The number of nitrogens with two attached hydrogens (primary N) is 1.